The summed E-state index contributed by atoms with van der Waals surface area (Å²) in [5.74, 6) is 0. The molecule has 0 spiro atoms. The average molecular weight is 271 g/mol. The first kappa shape index (κ1) is 11.2. The molecule has 0 saturated carbocycles. The van der Waals surface area contributed by atoms with E-state index in [2.05, 4.69) is 16.8 Å². The number of anilines is 1. The summed E-state index contributed by atoms with van der Waals surface area (Å²) in [5, 5.41) is 0. The van der Waals surface area contributed by atoms with E-state index in [4.69, 9.17) is 4.98 Å². The zero-order chi connectivity index (χ0) is 10.5. The van der Waals surface area contributed by atoms with Gasteiger partial charge in [-0.25, -0.2) is 0 Å². The number of piperidine rings is 1. The Labute approximate surface area is 98.4 Å². The van der Waals surface area contributed by atoms with Gasteiger partial charge in [0.05, 0.1) is 0 Å². The second-order valence-electron chi connectivity index (χ2n) is 4.27. The van der Waals surface area contributed by atoms with E-state index in [1.807, 2.05) is 0 Å². The summed E-state index contributed by atoms with van der Waals surface area (Å²) < 4.78 is 1.40. The molecule has 0 aromatic carbocycles. The normalized spacial score (nSPS) is 17.0. The zero-order valence-electron chi connectivity index (χ0n) is 9.54. The summed E-state index contributed by atoms with van der Waals surface area (Å²) in [4.78, 5) is 9.68. The van der Waals surface area contributed by atoms with Crippen LogP contribution in [0.15, 0.2) is 4.94 Å². The van der Waals surface area contributed by atoms with Crippen LogP contribution in [-0.4, -0.2) is 32.6 Å². The molecule has 3 heteroatoms. The Balaban J connectivity index is 1.93. The summed E-state index contributed by atoms with van der Waals surface area (Å²) >= 11 is 0.528. The van der Waals surface area contributed by atoms with Crippen LogP contribution in [0.3, 0.4) is 0 Å². The van der Waals surface area contributed by atoms with Crippen molar-refractivity contribution < 1.29 is 0 Å². The Kier molecular flexibility index (Phi) is 4.28. The van der Waals surface area contributed by atoms with Crippen molar-refractivity contribution in [2.75, 3.05) is 18.0 Å². The Morgan fingerprint density at radius 3 is 2.87 bits per heavy atom. The van der Waals surface area contributed by atoms with Crippen molar-refractivity contribution in [2.45, 2.75) is 45.4 Å². The van der Waals surface area contributed by atoms with E-state index in [0.29, 0.717) is 14.5 Å². The van der Waals surface area contributed by atoms with Crippen LogP contribution in [0.1, 0.15) is 44.7 Å². The minimum atomic E-state index is 0.528. The molecule has 0 radical (unpaired) electrons. The van der Waals surface area contributed by atoms with Gasteiger partial charge in [0, 0.05) is 0 Å². The standard InChI is InChI=1S/C12H20N2Se/c1-2-3-7-11-10-15-12(13-11)14-8-5-4-6-9-14/h10H,2-9H2,1H3. The van der Waals surface area contributed by atoms with Gasteiger partial charge in [0.1, 0.15) is 0 Å². The van der Waals surface area contributed by atoms with Gasteiger partial charge in [-0.1, -0.05) is 0 Å². The van der Waals surface area contributed by atoms with Crippen molar-refractivity contribution >= 4 is 19.2 Å². The molecule has 0 aliphatic carbocycles. The van der Waals surface area contributed by atoms with Crippen LogP contribution in [0.25, 0.3) is 0 Å². The molecular formula is C12H20N2Se. The summed E-state index contributed by atoms with van der Waals surface area (Å²) in [6.45, 7) is 4.74. The molecule has 2 rings (SSSR count). The Morgan fingerprint density at radius 2 is 2.13 bits per heavy atom. The third-order valence-electron chi connectivity index (χ3n) is 2.95. The van der Waals surface area contributed by atoms with Crippen LogP contribution in [0.5, 0.6) is 0 Å². The fourth-order valence-corrected chi connectivity index (χ4v) is 3.92. The second-order valence-corrected chi connectivity index (χ2v) is 6.03. The van der Waals surface area contributed by atoms with Crippen molar-refractivity contribution in [3.05, 3.63) is 10.6 Å². The van der Waals surface area contributed by atoms with Crippen LogP contribution in [0.2, 0.25) is 0 Å². The number of aromatic nitrogens is 1. The monoisotopic (exact) mass is 272 g/mol. The molecule has 0 amide bonds. The molecule has 1 aromatic heterocycles. The van der Waals surface area contributed by atoms with Gasteiger partial charge in [-0.15, -0.1) is 0 Å². The van der Waals surface area contributed by atoms with Crippen molar-refractivity contribution in [3.63, 3.8) is 0 Å². The van der Waals surface area contributed by atoms with Crippen molar-refractivity contribution in [2.24, 2.45) is 0 Å². The van der Waals surface area contributed by atoms with Gasteiger partial charge in [0.15, 0.2) is 0 Å². The van der Waals surface area contributed by atoms with Crippen molar-refractivity contribution in [1.82, 2.24) is 4.98 Å². The molecule has 84 valence electrons. The van der Waals surface area contributed by atoms with E-state index >= 15 is 0 Å². The number of rotatable bonds is 4. The van der Waals surface area contributed by atoms with Crippen molar-refractivity contribution in [3.8, 4) is 0 Å². The third kappa shape index (κ3) is 3.09. The molecule has 0 N–H and O–H groups in total. The molecule has 1 saturated heterocycles. The molecule has 1 fully saturated rings. The molecular weight excluding hydrogens is 251 g/mol. The molecule has 15 heavy (non-hydrogen) atoms. The Hall–Kier alpha value is -0.271. The topological polar surface area (TPSA) is 16.1 Å². The molecule has 0 atom stereocenters. The van der Waals surface area contributed by atoms with Gasteiger partial charge in [-0.3, -0.25) is 0 Å². The molecule has 2 nitrogen and oxygen atoms in total. The van der Waals surface area contributed by atoms with E-state index in [-0.39, 0.29) is 0 Å². The van der Waals surface area contributed by atoms with E-state index < -0.39 is 0 Å². The van der Waals surface area contributed by atoms with E-state index in [1.165, 1.54) is 62.0 Å². The number of unbranched alkanes of at least 4 members (excludes halogenated alkanes) is 1. The van der Waals surface area contributed by atoms with Crippen LogP contribution in [-0.2, 0) is 6.42 Å². The first-order valence-corrected chi connectivity index (χ1v) is 7.94. The SMILES string of the molecule is CCCCc1c[se]c(N2CCCCC2)n1. The van der Waals surface area contributed by atoms with E-state index in [0.717, 1.165) is 0 Å². The fourth-order valence-electron chi connectivity index (χ4n) is 2.00. The van der Waals surface area contributed by atoms with Gasteiger partial charge >= 0.3 is 98.3 Å². The number of nitrogens with zero attached hydrogens (tertiary/aromatic N) is 2. The van der Waals surface area contributed by atoms with Crippen LogP contribution < -0.4 is 4.90 Å². The average Bonchev–Trinajstić information content (AvgIpc) is 2.76. The fraction of sp³-hybridized carbons (Fsp3) is 0.750. The third-order valence-corrected chi connectivity index (χ3v) is 4.95. The quantitative estimate of drug-likeness (QED) is 0.782. The van der Waals surface area contributed by atoms with Crippen LogP contribution in [0, 0.1) is 0 Å². The van der Waals surface area contributed by atoms with Gasteiger partial charge in [-0.05, 0) is 0 Å². The zero-order valence-corrected chi connectivity index (χ0v) is 11.2. The van der Waals surface area contributed by atoms with Crippen LogP contribution in [0.4, 0.5) is 4.69 Å². The first-order chi connectivity index (χ1) is 7.40. The molecule has 2 heterocycles. The summed E-state index contributed by atoms with van der Waals surface area (Å²) in [5.41, 5.74) is 1.36. The van der Waals surface area contributed by atoms with Crippen molar-refractivity contribution in [1.29, 1.82) is 0 Å². The predicted octanol–water partition coefficient (Wildman–Crippen LogP) is 2.47. The number of aryl methyl sites for hydroxylation is 1. The number of hydrogen-bond acceptors (Lipinski definition) is 2. The summed E-state index contributed by atoms with van der Waals surface area (Å²) in [7, 11) is 0. The van der Waals surface area contributed by atoms with E-state index in [1.54, 1.807) is 0 Å². The summed E-state index contributed by atoms with van der Waals surface area (Å²) in [6, 6.07) is 0. The maximum atomic E-state index is 4.78. The van der Waals surface area contributed by atoms with E-state index in [9.17, 15) is 0 Å². The van der Waals surface area contributed by atoms with Gasteiger partial charge < -0.3 is 0 Å². The van der Waals surface area contributed by atoms with Gasteiger partial charge in [0.25, 0.3) is 0 Å². The Morgan fingerprint density at radius 1 is 1.33 bits per heavy atom. The first-order valence-electron chi connectivity index (χ1n) is 6.09. The molecule has 1 aliphatic heterocycles. The summed E-state index contributed by atoms with van der Waals surface area (Å²) in [6.07, 6.45) is 7.89. The Bertz CT molecular complexity index is 290. The molecule has 0 unspecified atom stereocenters. The van der Waals surface area contributed by atoms with Crippen LogP contribution >= 0.6 is 0 Å². The minimum absolute atomic E-state index is 0.528. The number of hydrogen-bond donors (Lipinski definition) is 0. The second kappa shape index (κ2) is 5.72. The molecule has 1 aliphatic rings. The maximum absolute atomic E-state index is 4.78. The molecule has 0 bridgehead atoms. The molecule has 1 aromatic rings. The van der Waals surface area contributed by atoms with Gasteiger partial charge in [0.2, 0.25) is 0 Å². The van der Waals surface area contributed by atoms with Gasteiger partial charge in [-0.2, -0.15) is 0 Å². The predicted molar refractivity (Wildman–Crippen MR) is 65.9 cm³/mol.